The van der Waals surface area contributed by atoms with E-state index >= 15 is 0 Å². The first-order valence-electron chi connectivity index (χ1n) is 4.97. The lowest BCUT2D eigenvalue weighted by atomic mass is 10.3. The second-order valence-electron chi connectivity index (χ2n) is 3.33. The Morgan fingerprint density at radius 1 is 1.21 bits per heavy atom. The van der Waals surface area contributed by atoms with Gasteiger partial charge in [-0.3, -0.25) is 0 Å². The number of halogens is 4. The molecule has 1 aromatic carbocycles. The summed E-state index contributed by atoms with van der Waals surface area (Å²) in [6.07, 6.45) is -4.71. The third-order valence-electron chi connectivity index (χ3n) is 1.92. The Morgan fingerprint density at radius 3 is 2.42 bits per heavy atom. The molecule has 2 rings (SSSR count). The van der Waals surface area contributed by atoms with Gasteiger partial charge < -0.3 is 14.5 Å². The van der Waals surface area contributed by atoms with E-state index in [0.717, 1.165) is 12.1 Å². The standard InChI is InChI=1S/C10H7ClF3N3O2/c11-5-8-16-17-9(18-8)15-6-1-3-7(4-2-6)19-10(12,13)14/h1-4H,5H2,(H,15,17). The van der Waals surface area contributed by atoms with E-state index in [4.69, 9.17) is 16.0 Å². The minimum absolute atomic E-state index is 0.0764. The van der Waals surface area contributed by atoms with Crippen LogP contribution in [0.5, 0.6) is 5.75 Å². The van der Waals surface area contributed by atoms with E-state index in [0.29, 0.717) is 5.69 Å². The molecular formula is C10H7ClF3N3O2. The number of alkyl halides is 4. The number of rotatable bonds is 4. The first-order valence-corrected chi connectivity index (χ1v) is 5.51. The van der Waals surface area contributed by atoms with Gasteiger partial charge in [-0.1, -0.05) is 5.10 Å². The lowest BCUT2D eigenvalue weighted by Crippen LogP contribution is -2.16. The maximum Gasteiger partial charge on any atom is 0.573 e. The van der Waals surface area contributed by atoms with E-state index in [9.17, 15) is 13.2 Å². The van der Waals surface area contributed by atoms with Crippen LogP contribution in [0.2, 0.25) is 0 Å². The van der Waals surface area contributed by atoms with Crippen LogP contribution in [0.4, 0.5) is 24.9 Å². The van der Waals surface area contributed by atoms with Gasteiger partial charge in [0.15, 0.2) is 0 Å². The van der Waals surface area contributed by atoms with Crippen molar-refractivity contribution in [3.8, 4) is 5.75 Å². The van der Waals surface area contributed by atoms with E-state index in [1.165, 1.54) is 12.1 Å². The predicted octanol–water partition coefficient (Wildman–Crippen LogP) is 3.45. The number of nitrogens with zero attached hydrogens (tertiary/aromatic N) is 2. The van der Waals surface area contributed by atoms with Crippen molar-refractivity contribution in [3.05, 3.63) is 30.2 Å². The topological polar surface area (TPSA) is 60.2 Å². The Hall–Kier alpha value is -1.96. The minimum Gasteiger partial charge on any atom is -0.407 e. The van der Waals surface area contributed by atoms with Gasteiger partial charge in [0.2, 0.25) is 5.89 Å². The van der Waals surface area contributed by atoms with Crippen LogP contribution in [-0.4, -0.2) is 16.6 Å². The number of nitrogens with one attached hydrogen (secondary N) is 1. The summed E-state index contributed by atoms with van der Waals surface area (Å²) in [5.74, 6) is -0.00115. The first kappa shape index (κ1) is 13.5. The lowest BCUT2D eigenvalue weighted by Gasteiger charge is -2.09. The summed E-state index contributed by atoms with van der Waals surface area (Å²) in [4.78, 5) is 0. The minimum atomic E-state index is -4.71. The molecular weight excluding hydrogens is 287 g/mol. The van der Waals surface area contributed by atoms with Gasteiger partial charge in [-0.05, 0) is 24.3 Å². The van der Waals surface area contributed by atoms with Gasteiger partial charge in [-0.15, -0.1) is 29.9 Å². The molecule has 0 amide bonds. The van der Waals surface area contributed by atoms with E-state index < -0.39 is 6.36 Å². The van der Waals surface area contributed by atoms with Crippen LogP contribution in [0.15, 0.2) is 28.7 Å². The van der Waals surface area contributed by atoms with Crippen molar-refractivity contribution < 1.29 is 22.3 Å². The van der Waals surface area contributed by atoms with Crippen LogP contribution in [-0.2, 0) is 5.88 Å². The molecule has 1 N–H and O–H groups in total. The molecule has 19 heavy (non-hydrogen) atoms. The Labute approximate surface area is 110 Å². The highest BCUT2D eigenvalue weighted by atomic mass is 35.5. The summed E-state index contributed by atoms with van der Waals surface area (Å²) in [5.41, 5.74) is 0.472. The number of hydrogen-bond acceptors (Lipinski definition) is 5. The molecule has 0 spiro atoms. The molecule has 9 heteroatoms. The Kier molecular flexibility index (Phi) is 3.79. The summed E-state index contributed by atoms with van der Waals surface area (Å²) in [6.45, 7) is 0. The zero-order chi connectivity index (χ0) is 13.9. The Bertz CT molecular complexity index is 542. The van der Waals surface area contributed by atoms with Gasteiger partial charge in [-0.25, -0.2) is 0 Å². The van der Waals surface area contributed by atoms with Crippen LogP contribution < -0.4 is 10.1 Å². The van der Waals surface area contributed by atoms with E-state index in [2.05, 4.69) is 20.3 Å². The quantitative estimate of drug-likeness (QED) is 0.875. The third-order valence-corrected chi connectivity index (χ3v) is 2.15. The second-order valence-corrected chi connectivity index (χ2v) is 3.60. The van der Waals surface area contributed by atoms with Gasteiger partial charge in [0.05, 0.1) is 0 Å². The molecule has 0 bridgehead atoms. The summed E-state index contributed by atoms with van der Waals surface area (Å²) >= 11 is 5.48. The number of aromatic nitrogens is 2. The van der Waals surface area contributed by atoms with Gasteiger partial charge in [-0.2, -0.15) is 0 Å². The lowest BCUT2D eigenvalue weighted by molar-refractivity contribution is -0.274. The van der Waals surface area contributed by atoms with E-state index in [1.807, 2.05) is 0 Å². The fourth-order valence-electron chi connectivity index (χ4n) is 1.22. The molecule has 0 fully saturated rings. The third kappa shape index (κ3) is 4.02. The average Bonchev–Trinajstić information content (AvgIpc) is 2.77. The summed E-state index contributed by atoms with van der Waals surface area (Å²) in [6, 6.07) is 5.18. The summed E-state index contributed by atoms with van der Waals surface area (Å²) in [7, 11) is 0. The highest BCUT2D eigenvalue weighted by Gasteiger charge is 2.30. The predicted molar refractivity (Wildman–Crippen MR) is 60.3 cm³/mol. The molecule has 102 valence electrons. The number of ether oxygens (including phenoxy) is 1. The van der Waals surface area contributed by atoms with Crippen molar-refractivity contribution in [1.82, 2.24) is 10.2 Å². The second kappa shape index (κ2) is 5.35. The van der Waals surface area contributed by atoms with Crippen molar-refractivity contribution in [2.45, 2.75) is 12.2 Å². The van der Waals surface area contributed by atoms with Crippen LogP contribution in [0.3, 0.4) is 0 Å². The van der Waals surface area contributed by atoms with Gasteiger partial charge >= 0.3 is 12.4 Å². The van der Waals surface area contributed by atoms with Gasteiger partial charge in [0, 0.05) is 5.69 Å². The number of benzene rings is 1. The maximum atomic E-state index is 11.9. The highest BCUT2D eigenvalue weighted by Crippen LogP contribution is 2.25. The molecule has 0 radical (unpaired) electrons. The van der Waals surface area contributed by atoms with Crippen molar-refractivity contribution in [1.29, 1.82) is 0 Å². The van der Waals surface area contributed by atoms with Gasteiger partial charge in [0.1, 0.15) is 11.6 Å². The van der Waals surface area contributed by atoms with Crippen molar-refractivity contribution in [2.75, 3.05) is 5.32 Å². The zero-order valence-electron chi connectivity index (χ0n) is 9.24. The molecule has 0 unspecified atom stereocenters. The molecule has 1 heterocycles. The molecule has 2 aromatic rings. The SMILES string of the molecule is FC(F)(F)Oc1ccc(Nc2nnc(CCl)o2)cc1. The van der Waals surface area contributed by atoms with Crippen LogP contribution in [0, 0.1) is 0 Å². The molecule has 0 aliphatic carbocycles. The number of hydrogen-bond donors (Lipinski definition) is 1. The molecule has 5 nitrogen and oxygen atoms in total. The number of anilines is 2. The highest BCUT2D eigenvalue weighted by molar-refractivity contribution is 6.16. The van der Waals surface area contributed by atoms with Crippen molar-refractivity contribution in [3.63, 3.8) is 0 Å². The monoisotopic (exact) mass is 293 g/mol. The first-order chi connectivity index (χ1) is 8.96. The largest absolute Gasteiger partial charge is 0.573 e. The van der Waals surface area contributed by atoms with Crippen LogP contribution in [0.25, 0.3) is 0 Å². The fourth-order valence-corrected chi connectivity index (χ4v) is 1.33. The maximum absolute atomic E-state index is 11.9. The zero-order valence-corrected chi connectivity index (χ0v) is 10.00. The molecule has 0 aliphatic heterocycles. The Morgan fingerprint density at radius 2 is 1.89 bits per heavy atom. The summed E-state index contributed by atoms with van der Waals surface area (Å²) in [5, 5.41) is 9.97. The van der Waals surface area contributed by atoms with Crippen LogP contribution >= 0.6 is 11.6 Å². The normalized spacial score (nSPS) is 11.4. The Balaban J connectivity index is 2.02. The molecule has 0 aliphatic rings. The molecule has 0 saturated carbocycles. The van der Waals surface area contributed by atoms with E-state index in [1.54, 1.807) is 0 Å². The van der Waals surface area contributed by atoms with E-state index in [-0.39, 0.29) is 23.5 Å². The average molecular weight is 294 g/mol. The molecule has 0 saturated heterocycles. The molecule has 0 atom stereocenters. The van der Waals surface area contributed by atoms with Gasteiger partial charge in [0.25, 0.3) is 0 Å². The molecule has 1 aromatic heterocycles. The van der Waals surface area contributed by atoms with Crippen molar-refractivity contribution in [2.24, 2.45) is 0 Å². The smallest absolute Gasteiger partial charge is 0.407 e. The van der Waals surface area contributed by atoms with Crippen LogP contribution in [0.1, 0.15) is 5.89 Å². The fraction of sp³-hybridized carbons (Fsp3) is 0.200. The van der Waals surface area contributed by atoms with Crippen molar-refractivity contribution >= 4 is 23.3 Å². The summed E-state index contributed by atoms with van der Waals surface area (Å²) < 4.78 is 44.6.